The number of sulfonamides is 1. The van der Waals surface area contributed by atoms with Crippen molar-refractivity contribution < 1.29 is 22.7 Å². The van der Waals surface area contributed by atoms with Crippen LogP contribution in [-0.2, 0) is 26.0 Å². The van der Waals surface area contributed by atoms with Gasteiger partial charge in [-0.15, -0.1) is 0 Å². The van der Waals surface area contributed by atoms with E-state index in [1.54, 1.807) is 17.9 Å². The summed E-state index contributed by atoms with van der Waals surface area (Å²) in [6.07, 6.45) is 2.12. The Labute approximate surface area is 187 Å². The highest BCUT2D eigenvalue weighted by Gasteiger charge is 2.38. The molecule has 168 valence electrons. The summed E-state index contributed by atoms with van der Waals surface area (Å²) in [4.78, 5) is 26.8. The molecule has 0 saturated carbocycles. The first-order valence-corrected chi connectivity index (χ1v) is 12.3. The minimum absolute atomic E-state index is 0.0111. The van der Waals surface area contributed by atoms with E-state index in [9.17, 15) is 18.0 Å². The topological polar surface area (TPSA) is 96.0 Å². The van der Waals surface area contributed by atoms with Crippen molar-refractivity contribution in [3.05, 3.63) is 47.5 Å². The lowest BCUT2D eigenvalue weighted by Gasteiger charge is -2.34. The fraction of sp³-hybridized carbons (Fsp3) is 0.391. The number of ether oxygens (including phenoxy) is 1. The third-order valence-corrected chi connectivity index (χ3v) is 8.42. The lowest BCUT2D eigenvalue weighted by atomic mass is 9.98. The fourth-order valence-electron chi connectivity index (χ4n) is 4.78. The summed E-state index contributed by atoms with van der Waals surface area (Å²) in [6, 6.07) is 11.0. The number of benzene rings is 2. The molecule has 3 heterocycles. The average molecular weight is 456 g/mol. The smallest absolute Gasteiger partial charge is 0.262 e. The van der Waals surface area contributed by atoms with Gasteiger partial charge in [0.1, 0.15) is 5.75 Å². The van der Waals surface area contributed by atoms with Crippen molar-refractivity contribution >= 4 is 33.2 Å². The van der Waals surface area contributed by atoms with Gasteiger partial charge in [0.25, 0.3) is 5.91 Å². The molecule has 2 aromatic carbocycles. The maximum atomic E-state index is 13.5. The van der Waals surface area contributed by atoms with Crippen molar-refractivity contribution in [3.8, 4) is 5.75 Å². The molecular formula is C23H25N3O5S. The number of hydrogen-bond donors (Lipinski definition) is 1. The SMILES string of the molecule is Cc1cc2c(cc1S(=O)(=O)N1CCC[C@H](C(=O)N3CCc4ccccc43)C1)OCC(=O)N2. The molecule has 0 bridgehead atoms. The van der Waals surface area contributed by atoms with E-state index in [2.05, 4.69) is 5.32 Å². The van der Waals surface area contributed by atoms with Gasteiger partial charge >= 0.3 is 0 Å². The maximum Gasteiger partial charge on any atom is 0.262 e. The number of piperidine rings is 1. The van der Waals surface area contributed by atoms with Crippen LogP contribution in [-0.4, -0.2) is 50.8 Å². The highest BCUT2D eigenvalue weighted by atomic mass is 32.2. The molecule has 3 aliphatic rings. The van der Waals surface area contributed by atoms with E-state index in [0.717, 1.165) is 17.7 Å². The van der Waals surface area contributed by atoms with Crippen LogP contribution in [0.4, 0.5) is 11.4 Å². The molecule has 9 heteroatoms. The molecule has 0 unspecified atom stereocenters. The van der Waals surface area contributed by atoms with Crippen LogP contribution in [0.1, 0.15) is 24.0 Å². The standard InChI is InChI=1S/C23H25N3O5S/c1-15-11-18-20(31-14-22(27)24-18)12-21(15)32(29,30)25-9-4-6-17(13-25)23(28)26-10-8-16-5-2-3-7-19(16)26/h2-3,5,7,11-12,17H,4,6,8-10,13-14H2,1H3,(H,24,27)/t17-/m0/s1. The van der Waals surface area contributed by atoms with Crippen molar-refractivity contribution in [1.29, 1.82) is 0 Å². The highest BCUT2D eigenvalue weighted by Crippen LogP contribution is 2.36. The van der Waals surface area contributed by atoms with E-state index in [1.807, 2.05) is 24.3 Å². The fourth-order valence-corrected chi connectivity index (χ4v) is 6.53. The number of fused-ring (bicyclic) bond motifs is 2. The Balaban J connectivity index is 1.39. The predicted octanol–water partition coefficient (Wildman–Crippen LogP) is 2.32. The number of aryl methyl sites for hydroxylation is 1. The summed E-state index contributed by atoms with van der Waals surface area (Å²) in [6.45, 7) is 2.72. The van der Waals surface area contributed by atoms with Crippen molar-refractivity contribution in [3.63, 3.8) is 0 Å². The monoisotopic (exact) mass is 455 g/mol. The van der Waals surface area contributed by atoms with E-state index < -0.39 is 10.0 Å². The number of hydrogen-bond acceptors (Lipinski definition) is 5. The largest absolute Gasteiger partial charge is 0.482 e. The second kappa shape index (κ2) is 7.90. The zero-order chi connectivity index (χ0) is 22.5. The molecule has 32 heavy (non-hydrogen) atoms. The Morgan fingerprint density at radius 2 is 2.00 bits per heavy atom. The first-order chi connectivity index (χ1) is 15.3. The molecule has 1 fully saturated rings. The van der Waals surface area contributed by atoms with Gasteiger partial charge in [-0.1, -0.05) is 18.2 Å². The number of para-hydroxylation sites is 1. The van der Waals surface area contributed by atoms with Gasteiger partial charge in [0.2, 0.25) is 15.9 Å². The van der Waals surface area contributed by atoms with Gasteiger partial charge in [0.05, 0.1) is 16.5 Å². The predicted molar refractivity (Wildman–Crippen MR) is 119 cm³/mol. The number of rotatable bonds is 3. The first kappa shape index (κ1) is 21.0. The Morgan fingerprint density at radius 3 is 2.84 bits per heavy atom. The maximum absolute atomic E-state index is 13.5. The quantitative estimate of drug-likeness (QED) is 0.766. The second-order valence-corrected chi connectivity index (χ2v) is 10.4. The summed E-state index contributed by atoms with van der Waals surface area (Å²) in [5.41, 5.74) is 3.08. The second-order valence-electron chi connectivity index (χ2n) is 8.52. The first-order valence-electron chi connectivity index (χ1n) is 10.8. The van der Waals surface area contributed by atoms with Crippen molar-refractivity contribution in [2.24, 2.45) is 5.92 Å². The molecule has 1 atom stereocenters. The number of amides is 2. The summed E-state index contributed by atoms with van der Waals surface area (Å²) >= 11 is 0. The van der Waals surface area contributed by atoms with Gasteiger partial charge in [-0.3, -0.25) is 9.59 Å². The van der Waals surface area contributed by atoms with E-state index >= 15 is 0 Å². The van der Waals surface area contributed by atoms with Gasteiger partial charge < -0.3 is 15.0 Å². The van der Waals surface area contributed by atoms with Gasteiger partial charge in [-0.25, -0.2) is 8.42 Å². The van der Waals surface area contributed by atoms with Gasteiger partial charge in [-0.2, -0.15) is 4.31 Å². The Bertz CT molecular complexity index is 1210. The van der Waals surface area contributed by atoms with Gasteiger partial charge in [-0.05, 0) is 49.4 Å². The number of nitrogens with one attached hydrogen (secondary N) is 1. The molecule has 2 amide bonds. The molecule has 3 aliphatic heterocycles. The average Bonchev–Trinajstić information content (AvgIpc) is 3.22. The van der Waals surface area contributed by atoms with Crippen LogP contribution in [0.2, 0.25) is 0 Å². The van der Waals surface area contributed by atoms with E-state index in [-0.39, 0.29) is 35.8 Å². The Morgan fingerprint density at radius 1 is 1.19 bits per heavy atom. The highest BCUT2D eigenvalue weighted by molar-refractivity contribution is 7.89. The minimum atomic E-state index is -3.82. The molecule has 1 saturated heterocycles. The molecule has 0 spiro atoms. The molecule has 8 nitrogen and oxygen atoms in total. The minimum Gasteiger partial charge on any atom is -0.482 e. The molecular weight excluding hydrogens is 430 g/mol. The summed E-state index contributed by atoms with van der Waals surface area (Å²) in [5.74, 6) is -0.318. The lowest BCUT2D eigenvalue weighted by Crippen LogP contribution is -2.46. The zero-order valence-electron chi connectivity index (χ0n) is 17.8. The van der Waals surface area contributed by atoms with E-state index in [4.69, 9.17) is 4.74 Å². The summed E-state index contributed by atoms with van der Waals surface area (Å²) in [5, 5.41) is 2.70. The van der Waals surface area contributed by atoms with E-state index in [0.29, 0.717) is 42.9 Å². The van der Waals surface area contributed by atoms with Crippen LogP contribution in [0.15, 0.2) is 41.3 Å². The van der Waals surface area contributed by atoms with Crippen LogP contribution in [0.25, 0.3) is 0 Å². The van der Waals surface area contributed by atoms with Crippen molar-refractivity contribution in [2.45, 2.75) is 31.1 Å². The molecule has 0 aromatic heterocycles. The Kier molecular flexibility index (Phi) is 5.17. The number of anilines is 2. The summed E-state index contributed by atoms with van der Waals surface area (Å²) < 4.78 is 33.8. The van der Waals surface area contributed by atoms with Gasteiger partial charge in [0.15, 0.2) is 6.61 Å². The number of carbonyl (C=O) groups excluding carboxylic acids is 2. The van der Waals surface area contributed by atoms with E-state index in [1.165, 1.54) is 10.4 Å². The summed E-state index contributed by atoms with van der Waals surface area (Å²) in [7, 11) is -3.82. The molecule has 0 radical (unpaired) electrons. The van der Waals surface area contributed by atoms with Crippen LogP contribution < -0.4 is 15.0 Å². The number of nitrogens with zero attached hydrogens (tertiary/aromatic N) is 2. The molecule has 1 N–H and O–H groups in total. The molecule has 2 aromatic rings. The number of carbonyl (C=O) groups is 2. The van der Waals surface area contributed by atoms with Crippen molar-refractivity contribution in [1.82, 2.24) is 4.31 Å². The van der Waals surface area contributed by atoms with Crippen LogP contribution in [0.5, 0.6) is 5.75 Å². The van der Waals surface area contributed by atoms with Crippen LogP contribution in [0, 0.1) is 12.8 Å². The third kappa shape index (κ3) is 3.55. The molecule has 0 aliphatic carbocycles. The Hall–Kier alpha value is -2.91. The normalized spacial score (nSPS) is 20.8. The van der Waals surface area contributed by atoms with Crippen LogP contribution >= 0.6 is 0 Å². The third-order valence-electron chi connectivity index (χ3n) is 6.41. The van der Waals surface area contributed by atoms with Crippen molar-refractivity contribution in [2.75, 3.05) is 36.5 Å². The lowest BCUT2D eigenvalue weighted by molar-refractivity contribution is -0.123. The van der Waals surface area contributed by atoms with Crippen LogP contribution in [0.3, 0.4) is 0 Å². The van der Waals surface area contributed by atoms with Gasteiger partial charge in [0, 0.05) is 31.4 Å². The molecule has 5 rings (SSSR count). The zero-order valence-corrected chi connectivity index (χ0v) is 18.7.